The van der Waals surface area contributed by atoms with E-state index in [1.54, 1.807) is 0 Å². The molecule has 1 heteroatoms. The molecule has 0 saturated heterocycles. The number of rotatable bonds is 6. The Morgan fingerprint density at radius 2 is 1.88 bits per heavy atom. The SMILES string of the molecule is CCCCC(C)NC(C)c1cc(C)ccc1C. The van der Waals surface area contributed by atoms with Crippen LogP contribution in [0.5, 0.6) is 0 Å². The maximum atomic E-state index is 3.70. The first-order chi connectivity index (χ1) is 8.04. The third-order valence-corrected chi connectivity index (χ3v) is 3.43. The smallest absolute Gasteiger partial charge is 0.0296 e. The zero-order valence-electron chi connectivity index (χ0n) is 12.0. The van der Waals surface area contributed by atoms with Gasteiger partial charge in [0.25, 0.3) is 0 Å². The molecule has 1 aromatic rings. The summed E-state index contributed by atoms with van der Waals surface area (Å²) in [5, 5.41) is 3.70. The average molecular weight is 233 g/mol. The molecule has 1 aromatic carbocycles. The highest BCUT2D eigenvalue weighted by atomic mass is 14.9. The van der Waals surface area contributed by atoms with Crippen LogP contribution in [0.1, 0.15) is 62.8 Å². The Morgan fingerprint density at radius 3 is 2.53 bits per heavy atom. The molecule has 96 valence electrons. The van der Waals surface area contributed by atoms with Gasteiger partial charge in [-0.15, -0.1) is 0 Å². The van der Waals surface area contributed by atoms with Crippen molar-refractivity contribution in [2.45, 2.75) is 66.0 Å². The van der Waals surface area contributed by atoms with E-state index in [0.29, 0.717) is 12.1 Å². The van der Waals surface area contributed by atoms with Crippen molar-refractivity contribution in [3.05, 3.63) is 34.9 Å². The van der Waals surface area contributed by atoms with Crippen molar-refractivity contribution in [1.29, 1.82) is 0 Å². The lowest BCUT2D eigenvalue weighted by molar-refractivity contribution is 0.443. The van der Waals surface area contributed by atoms with Gasteiger partial charge in [-0.2, -0.15) is 0 Å². The predicted molar refractivity (Wildman–Crippen MR) is 76.5 cm³/mol. The Morgan fingerprint density at radius 1 is 1.18 bits per heavy atom. The van der Waals surface area contributed by atoms with Crippen LogP contribution in [0.25, 0.3) is 0 Å². The van der Waals surface area contributed by atoms with E-state index in [0.717, 1.165) is 0 Å². The lowest BCUT2D eigenvalue weighted by Gasteiger charge is -2.22. The zero-order valence-corrected chi connectivity index (χ0v) is 12.0. The van der Waals surface area contributed by atoms with Gasteiger partial charge in [0.2, 0.25) is 0 Å². The second-order valence-corrected chi connectivity index (χ2v) is 5.29. The molecular weight excluding hydrogens is 206 g/mol. The Bertz CT molecular complexity index is 343. The van der Waals surface area contributed by atoms with E-state index in [9.17, 15) is 0 Å². The van der Waals surface area contributed by atoms with Gasteiger partial charge in [0, 0.05) is 12.1 Å². The van der Waals surface area contributed by atoms with E-state index in [2.05, 4.69) is 58.1 Å². The van der Waals surface area contributed by atoms with Crippen LogP contribution in [-0.2, 0) is 0 Å². The quantitative estimate of drug-likeness (QED) is 0.761. The molecule has 0 heterocycles. The summed E-state index contributed by atoms with van der Waals surface area (Å²) in [5.41, 5.74) is 4.17. The lowest BCUT2D eigenvalue weighted by Crippen LogP contribution is -2.29. The number of unbranched alkanes of at least 4 members (excludes halogenated alkanes) is 1. The highest BCUT2D eigenvalue weighted by molar-refractivity contribution is 5.32. The Hall–Kier alpha value is -0.820. The monoisotopic (exact) mass is 233 g/mol. The number of hydrogen-bond donors (Lipinski definition) is 1. The van der Waals surface area contributed by atoms with Crippen LogP contribution in [0.15, 0.2) is 18.2 Å². The molecule has 0 radical (unpaired) electrons. The summed E-state index contributed by atoms with van der Waals surface area (Å²) in [6.45, 7) is 11.2. The molecule has 0 aliphatic heterocycles. The number of aryl methyl sites for hydroxylation is 2. The maximum absolute atomic E-state index is 3.70. The van der Waals surface area contributed by atoms with Crippen LogP contribution in [0.4, 0.5) is 0 Å². The normalized spacial score (nSPS) is 14.6. The van der Waals surface area contributed by atoms with E-state index in [1.165, 1.54) is 36.0 Å². The standard InChI is InChI=1S/C16H27N/c1-6-7-8-14(4)17-15(5)16-11-12(2)9-10-13(16)3/h9-11,14-15,17H,6-8H2,1-5H3. The molecule has 0 aliphatic rings. The first-order valence-electron chi connectivity index (χ1n) is 6.87. The average Bonchev–Trinajstić information content (AvgIpc) is 2.29. The minimum atomic E-state index is 0.446. The summed E-state index contributed by atoms with van der Waals surface area (Å²) in [7, 11) is 0. The van der Waals surface area contributed by atoms with Crippen LogP contribution in [0.2, 0.25) is 0 Å². The van der Waals surface area contributed by atoms with E-state index in [1.807, 2.05) is 0 Å². The van der Waals surface area contributed by atoms with Crippen LogP contribution in [0, 0.1) is 13.8 Å². The zero-order chi connectivity index (χ0) is 12.8. The number of benzene rings is 1. The van der Waals surface area contributed by atoms with Crippen LogP contribution in [-0.4, -0.2) is 6.04 Å². The highest BCUT2D eigenvalue weighted by Gasteiger charge is 2.11. The summed E-state index contributed by atoms with van der Waals surface area (Å²) in [4.78, 5) is 0. The van der Waals surface area contributed by atoms with Crippen LogP contribution >= 0.6 is 0 Å². The van der Waals surface area contributed by atoms with Crippen LogP contribution < -0.4 is 5.32 Å². The Labute approximate surface area is 107 Å². The van der Waals surface area contributed by atoms with E-state index < -0.39 is 0 Å². The van der Waals surface area contributed by atoms with Crippen molar-refractivity contribution < 1.29 is 0 Å². The van der Waals surface area contributed by atoms with Crippen molar-refractivity contribution in [3.8, 4) is 0 Å². The molecule has 0 spiro atoms. The van der Waals surface area contributed by atoms with E-state index in [-0.39, 0.29) is 0 Å². The largest absolute Gasteiger partial charge is 0.308 e. The molecule has 1 rings (SSSR count). The second kappa shape index (κ2) is 6.80. The van der Waals surface area contributed by atoms with Gasteiger partial charge in [-0.25, -0.2) is 0 Å². The Kier molecular flexibility index (Phi) is 5.70. The van der Waals surface area contributed by atoms with Gasteiger partial charge in [0.1, 0.15) is 0 Å². The summed E-state index contributed by atoms with van der Waals surface area (Å²) in [6, 6.07) is 7.76. The molecule has 0 amide bonds. The van der Waals surface area contributed by atoms with E-state index >= 15 is 0 Å². The van der Waals surface area contributed by atoms with Crippen molar-refractivity contribution in [2.75, 3.05) is 0 Å². The summed E-state index contributed by atoms with van der Waals surface area (Å²) < 4.78 is 0. The molecule has 1 N–H and O–H groups in total. The van der Waals surface area contributed by atoms with Gasteiger partial charge >= 0.3 is 0 Å². The van der Waals surface area contributed by atoms with Gasteiger partial charge in [-0.3, -0.25) is 0 Å². The third-order valence-electron chi connectivity index (χ3n) is 3.43. The molecule has 0 bridgehead atoms. The van der Waals surface area contributed by atoms with Gasteiger partial charge in [-0.05, 0) is 45.2 Å². The molecular formula is C16H27N. The Balaban J connectivity index is 2.62. The number of hydrogen-bond acceptors (Lipinski definition) is 1. The fraction of sp³-hybridized carbons (Fsp3) is 0.625. The number of nitrogens with one attached hydrogen (secondary N) is 1. The van der Waals surface area contributed by atoms with Crippen molar-refractivity contribution in [1.82, 2.24) is 5.32 Å². The van der Waals surface area contributed by atoms with Gasteiger partial charge in [-0.1, -0.05) is 43.5 Å². The van der Waals surface area contributed by atoms with Crippen molar-refractivity contribution in [2.24, 2.45) is 0 Å². The summed E-state index contributed by atoms with van der Waals surface area (Å²) in [6.07, 6.45) is 3.86. The minimum absolute atomic E-state index is 0.446. The fourth-order valence-electron chi connectivity index (χ4n) is 2.34. The van der Waals surface area contributed by atoms with E-state index in [4.69, 9.17) is 0 Å². The molecule has 0 aliphatic carbocycles. The predicted octanol–water partition coefficient (Wildman–Crippen LogP) is 4.53. The van der Waals surface area contributed by atoms with Crippen LogP contribution in [0.3, 0.4) is 0 Å². The molecule has 0 saturated carbocycles. The maximum Gasteiger partial charge on any atom is 0.0296 e. The molecule has 1 nitrogen and oxygen atoms in total. The van der Waals surface area contributed by atoms with Gasteiger partial charge in [0.05, 0.1) is 0 Å². The first kappa shape index (κ1) is 14.2. The molecule has 2 atom stereocenters. The topological polar surface area (TPSA) is 12.0 Å². The minimum Gasteiger partial charge on any atom is -0.308 e. The van der Waals surface area contributed by atoms with Gasteiger partial charge in [0.15, 0.2) is 0 Å². The fourth-order valence-corrected chi connectivity index (χ4v) is 2.34. The highest BCUT2D eigenvalue weighted by Crippen LogP contribution is 2.19. The van der Waals surface area contributed by atoms with Gasteiger partial charge < -0.3 is 5.32 Å². The molecule has 0 aromatic heterocycles. The van der Waals surface area contributed by atoms with Crippen molar-refractivity contribution >= 4 is 0 Å². The molecule has 0 fully saturated rings. The lowest BCUT2D eigenvalue weighted by atomic mass is 9.99. The molecule has 2 unspecified atom stereocenters. The molecule has 17 heavy (non-hydrogen) atoms. The third kappa shape index (κ3) is 4.51. The summed E-state index contributed by atoms with van der Waals surface area (Å²) in [5.74, 6) is 0. The van der Waals surface area contributed by atoms with Crippen molar-refractivity contribution in [3.63, 3.8) is 0 Å². The second-order valence-electron chi connectivity index (χ2n) is 5.29. The summed E-state index contributed by atoms with van der Waals surface area (Å²) >= 11 is 0. The first-order valence-corrected chi connectivity index (χ1v) is 6.87.